The van der Waals surface area contributed by atoms with Crippen molar-refractivity contribution in [3.8, 4) is 0 Å². The smallest absolute Gasteiger partial charge is 0.233 e. The van der Waals surface area contributed by atoms with Crippen LogP contribution in [0.3, 0.4) is 0 Å². The van der Waals surface area contributed by atoms with E-state index in [2.05, 4.69) is 31.2 Å². The molecular formula is C20H21BrClN3O4S. The average molecular weight is 515 g/mol. The van der Waals surface area contributed by atoms with Crippen molar-refractivity contribution in [3.05, 3.63) is 45.8 Å². The number of ketones is 1. The van der Waals surface area contributed by atoms with E-state index in [1.165, 1.54) is 24.5 Å². The maximum atomic E-state index is 13.1. The lowest BCUT2D eigenvalue weighted by molar-refractivity contribution is -0.121. The summed E-state index contributed by atoms with van der Waals surface area (Å²) in [6.45, 7) is 0. The first-order chi connectivity index (χ1) is 14.1. The third kappa shape index (κ3) is 5.86. The van der Waals surface area contributed by atoms with E-state index in [1.54, 1.807) is 6.07 Å². The van der Waals surface area contributed by atoms with Crippen LogP contribution in [0.1, 0.15) is 43.6 Å². The van der Waals surface area contributed by atoms with Crippen LogP contribution in [-0.4, -0.2) is 36.3 Å². The maximum Gasteiger partial charge on any atom is 0.233 e. The fraction of sp³-hybridized carbons (Fsp3) is 0.400. The number of halogens is 2. The molecular weight excluding hydrogens is 494 g/mol. The van der Waals surface area contributed by atoms with Gasteiger partial charge < -0.3 is 5.32 Å². The number of hydrogen-bond donors (Lipinski definition) is 1. The Kier molecular flexibility index (Phi) is 7.26. The number of hydrogen-bond acceptors (Lipinski definition) is 6. The molecule has 0 aliphatic heterocycles. The van der Waals surface area contributed by atoms with E-state index in [-0.39, 0.29) is 27.5 Å². The number of Topliss-reactive ketones (excluding diaryl/α,β-unsaturated/α-hetero) is 1. The van der Waals surface area contributed by atoms with Crippen LogP contribution in [0, 0.1) is 5.92 Å². The molecule has 1 aromatic heterocycles. The highest BCUT2D eigenvalue weighted by molar-refractivity contribution is 9.10. The molecule has 1 amide bonds. The SMILES string of the molecule is CS(=O)(=O)c1ccc(C(CC2CCC(=O)CC2)C(=O)Nc2cnc(Br)cn2)cc1Cl. The van der Waals surface area contributed by atoms with E-state index >= 15 is 0 Å². The van der Waals surface area contributed by atoms with Gasteiger partial charge in [0.05, 0.1) is 28.2 Å². The third-order valence-corrected chi connectivity index (χ3v) is 7.17. The van der Waals surface area contributed by atoms with Gasteiger partial charge in [-0.15, -0.1) is 0 Å². The highest BCUT2D eigenvalue weighted by atomic mass is 79.9. The van der Waals surface area contributed by atoms with Crippen LogP contribution in [0.2, 0.25) is 5.02 Å². The zero-order chi connectivity index (χ0) is 21.9. The number of sulfone groups is 1. The van der Waals surface area contributed by atoms with Crippen LogP contribution in [-0.2, 0) is 19.4 Å². The van der Waals surface area contributed by atoms with Gasteiger partial charge in [0.25, 0.3) is 0 Å². The first kappa shape index (κ1) is 22.8. The molecule has 1 fully saturated rings. The summed E-state index contributed by atoms with van der Waals surface area (Å²) in [6.07, 6.45) is 7.04. The molecule has 0 saturated heterocycles. The fourth-order valence-corrected chi connectivity index (χ4v) is 5.13. The van der Waals surface area contributed by atoms with E-state index < -0.39 is 15.8 Å². The minimum atomic E-state index is -3.47. The summed E-state index contributed by atoms with van der Waals surface area (Å²) in [5.74, 6) is -0.0851. The van der Waals surface area contributed by atoms with Gasteiger partial charge in [0.2, 0.25) is 5.91 Å². The number of nitrogens with zero attached hydrogens (tertiary/aromatic N) is 2. The van der Waals surface area contributed by atoms with Gasteiger partial charge >= 0.3 is 0 Å². The summed E-state index contributed by atoms with van der Waals surface area (Å²) in [6, 6.07) is 4.58. The van der Waals surface area contributed by atoms with Gasteiger partial charge in [-0.3, -0.25) is 9.59 Å². The Labute approximate surface area is 188 Å². The Bertz CT molecular complexity index is 1050. The Balaban J connectivity index is 1.88. The van der Waals surface area contributed by atoms with Crippen molar-refractivity contribution in [1.29, 1.82) is 0 Å². The maximum absolute atomic E-state index is 13.1. The predicted octanol–water partition coefficient (Wildman–Crippen LogP) is 4.17. The number of carbonyl (C=O) groups is 2. The molecule has 1 atom stereocenters. The Morgan fingerprint density at radius 3 is 2.53 bits per heavy atom. The minimum Gasteiger partial charge on any atom is -0.309 e. The van der Waals surface area contributed by atoms with Crippen LogP contribution in [0.15, 0.2) is 40.1 Å². The van der Waals surface area contributed by atoms with Crippen molar-refractivity contribution in [2.45, 2.75) is 42.9 Å². The molecule has 1 saturated carbocycles. The molecule has 0 radical (unpaired) electrons. The zero-order valence-corrected chi connectivity index (χ0v) is 19.4. The monoisotopic (exact) mass is 513 g/mol. The summed E-state index contributed by atoms with van der Waals surface area (Å²) in [7, 11) is -3.47. The Morgan fingerprint density at radius 2 is 1.97 bits per heavy atom. The van der Waals surface area contributed by atoms with Crippen molar-refractivity contribution in [2.24, 2.45) is 5.92 Å². The molecule has 10 heteroatoms. The third-order valence-electron chi connectivity index (χ3n) is 5.18. The molecule has 1 heterocycles. The largest absolute Gasteiger partial charge is 0.309 e. The molecule has 0 spiro atoms. The Morgan fingerprint density at radius 1 is 1.27 bits per heavy atom. The van der Waals surface area contributed by atoms with Crippen LogP contribution in [0.5, 0.6) is 0 Å². The molecule has 1 N–H and O–H groups in total. The van der Waals surface area contributed by atoms with Crippen LogP contribution < -0.4 is 5.32 Å². The minimum absolute atomic E-state index is 0.0223. The molecule has 3 rings (SSSR count). The topological polar surface area (TPSA) is 106 Å². The van der Waals surface area contributed by atoms with E-state index in [0.717, 1.165) is 19.1 Å². The van der Waals surface area contributed by atoms with Gasteiger partial charge in [-0.25, -0.2) is 18.4 Å². The second kappa shape index (κ2) is 9.53. The number of aromatic nitrogens is 2. The highest BCUT2D eigenvalue weighted by Gasteiger charge is 2.29. The lowest BCUT2D eigenvalue weighted by atomic mass is 9.80. The molecule has 0 bridgehead atoms. The number of benzene rings is 1. The van der Waals surface area contributed by atoms with Gasteiger partial charge in [-0.1, -0.05) is 17.7 Å². The standard InChI is InChI=1S/C20H21BrClN3O4S/c1-30(28,29)17-7-4-13(9-16(17)22)15(8-12-2-5-14(26)6-3-12)20(27)25-19-11-23-18(21)10-24-19/h4,7,9-12,15H,2-3,5-6,8H2,1H3,(H,24,25,27). The molecule has 160 valence electrons. The first-order valence-corrected chi connectivity index (χ1v) is 12.5. The van der Waals surface area contributed by atoms with Gasteiger partial charge in [-0.2, -0.15) is 0 Å². The summed E-state index contributed by atoms with van der Waals surface area (Å²) in [5.41, 5.74) is 0.617. The molecule has 1 unspecified atom stereocenters. The number of rotatable bonds is 6. The summed E-state index contributed by atoms with van der Waals surface area (Å²) in [5, 5.41) is 2.85. The van der Waals surface area contributed by atoms with Crippen LogP contribution in [0.4, 0.5) is 5.82 Å². The first-order valence-electron chi connectivity index (χ1n) is 9.43. The zero-order valence-electron chi connectivity index (χ0n) is 16.3. The summed E-state index contributed by atoms with van der Waals surface area (Å²) in [4.78, 5) is 32.9. The van der Waals surface area contributed by atoms with Gasteiger partial charge in [-0.05, 0) is 58.8 Å². The molecule has 7 nitrogen and oxygen atoms in total. The fourth-order valence-electron chi connectivity index (χ4n) is 3.59. The van der Waals surface area contributed by atoms with Gasteiger partial charge in [0, 0.05) is 19.1 Å². The van der Waals surface area contributed by atoms with E-state index in [0.29, 0.717) is 35.2 Å². The van der Waals surface area contributed by atoms with Crippen molar-refractivity contribution in [1.82, 2.24) is 9.97 Å². The number of carbonyl (C=O) groups excluding carboxylic acids is 2. The lowest BCUT2D eigenvalue weighted by Crippen LogP contribution is -2.26. The number of anilines is 1. The van der Waals surface area contributed by atoms with Gasteiger partial charge in [0.15, 0.2) is 15.7 Å². The summed E-state index contributed by atoms with van der Waals surface area (Å²) >= 11 is 9.42. The predicted molar refractivity (Wildman–Crippen MR) is 117 cm³/mol. The molecule has 1 aliphatic rings. The van der Waals surface area contributed by atoms with Crippen molar-refractivity contribution < 1.29 is 18.0 Å². The second-order valence-corrected chi connectivity index (χ2v) is 10.6. The number of amides is 1. The van der Waals surface area contributed by atoms with E-state index in [9.17, 15) is 18.0 Å². The molecule has 30 heavy (non-hydrogen) atoms. The van der Waals surface area contributed by atoms with Crippen LogP contribution in [0.25, 0.3) is 0 Å². The lowest BCUT2D eigenvalue weighted by Gasteiger charge is -2.26. The normalized spacial score (nSPS) is 16.3. The molecule has 2 aromatic rings. The highest BCUT2D eigenvalue weighted by Crippen LogP contribution is 2.35. The number of nitrogens with one attached hydrogen (secondary N) is 1. The van der Waals surface area contributed by atoms with Crippen LogP contribution >= 0.6 is 27.5 Å². The quantitative estimate of drug-likeness (QED) is 0.620. The van der Waals surface area contributed by atoms with E-state index in [1.807, 2.05) is 0 Å². The second-order valence-electron chi connectivity index (χ2n) is 7.45. The van der Waals surface area contributed by atoms with Crippen molar-refractivity contribution >= 4 is 54.9 Å². The van der Waals surface area contributed by atoms with Gasteiger partial charge in [0.1, 0.15) is 10.4 Å². The molecule has 1 aromatic carbocycles. The van der Waals surface area contributed by atoms with Crippen molar-refractivity contribution in [2.75, 3.05) is 11.6 Å². The Hall–Kier alpha value is -1.84. The summed E-state index contributed by atoms with van der Waals surface area (Å²) < 4.78 is 24.3. The van der Waals surface area contributed by atoms with E-state index in [4.69, 9.17) is 11.6 Å². The van der Waals surface area contributed by atoms with Crippen molar-refractivity contribution in [3.63, 3.8) is 0 Å². The molecule has 1 aliphatic carbocycles. The average Bonchev–Trinajstić information content (AvgIpc) is 2.68.